The summed E-state index contributed by atoms with van der Waals surface area (Å²) in [5.41, 5.74) is 2.21. The fourth-order valence-electron chi connectivity index (χ4n) is 1.96. The smallest absolute Gasteiger partial charge is 0.249 e. The number of rotatable bonds is 6. The van der Waals surface area contributed by atoms with Gasteiger partial charge in [0, 0.05) is 13.0 Å². The molecular weight excluding hydrogens is 254 g/mol. The maximum absolute atomic E-state index is 12.0. The van der Waals surface area contributed by atoms with Crippen molar-refractivity contribution in [1.82, 2.24) is 5.06 Å². The number of amides is 1. The number of carbonyl (C=O) groups is 1. The van der Waals surface area contributed by atoms with Gasteiger partial charge in [0.25, 0.3) is 0 Å². The second kappa shape index (κ2) is 7.70. The van der Waals surface area contributed by atoms with Crippen molar-refractivity contribution in [2.75, 3.05) is 14.2 Å². The Balaban J connectivity index is 2.81. The summed E-state index contributed by atoms with van der Waals surface area (Å²) in [6, 6.07) is 7.64. The Kier molecular flexibility index (Phi) is 6.25. The van der Waals surface area contributed by atoms with Crippen LogP contribution in [-0.4, -0.2) is 30.3 Å². The molecule has 1 rings (SSSR count). The Morgan fingerprint density at radius 2 is 1.95 bits per heavy atom. The molecule has 0 heterocycles. The Labute approximate surface area is 120 Å². The number of carbonyl (C=O) groups excluding carboxylic acids is 1. The molecule has 0 spiro atoms. The first kappa shape index (κ1) is 16.2. The van der Waals surface area contributed by atoms with Gasteiger partial charge in [0.15, 0.2) is 0 Å². The predicted octanol–water partition coefficient (Wildman–Crippen LogP) is 3.06. The lowest BCUT2D eigenvalue weighted by molar-refractivity contribution is -0.164. The number of hydrogen-bond acceptors (Lipinski definition) is 3. The van der Waals surface area contributed by atoms with Gasteiger partial charge in [0.2, 0.25) is 5.91 Å². The quantitative estimate of drug-likeness (QED) is 0.494. The molecule has 0 radical (unpaired) electrons. The Hall–Kier alpha value is -1.81. The van der Waals surface area contributed by atoms with Gasteiger partial charge in [-0.05, 0) is 44.4 Å². The lowest BCUT2D eigenvalue weighted by Gasteiger charge is -2.18. The van der Waals surface area contributed by atoms with Gasteiger partial charge < -0.3 is 4.74 Å². The van der Waals surface area contributed by atoms with Crippen molar-refractivity contribution in [3.05, 3.63) is 41.5 Å². The van der Waals surface area contributed by atoms with Gasteiger partial charge in [0.1, 0.15) is 5.75 Å². The van der Waals surface area contributed by atoms with Crippen LogP contribution < -0.4 is 4.74 Å². The number of hydroxylamine groups is 2. The molecule has 1 unspecified atom stereocenters. The third-order valence-electron chi connectivity index (χ3n) is 3.12. The molecule has 0 saturated heterocycles. The molecule has 1 N–H and O–H groups in total. The zero-order valence-corrected chi connectivity index (χ0v) is 12.6. The summed E-state index contributed by atoms with van der Waals surface area (Å²) in [6.45, 7) is 4.00. The summed E-state index contributed by atoms with van der Waals surface area (Å²) in [4.78, 5) is 12.0. The van der Waals surface area contributed by atoms with E-state index in [4.69, 9.17) is 4.74 Å². The van der Waals surface area contributed by atoms with Crippen molar-refractivity contribution in [2.45, 2.75) is 26.7 Å². The molecule has 0 aliphatic carbocycles. The number of nitrogens with zero attached hydrogens (tertiary/aromatic N) is 1. The minimum absolute atomic E-state index is 0.256. The van der Waals surface area contributed by atoms with E-state index in [9.17, 15) is 10.0 Å². The molecule has 1 aromatic rings. The number of hydrogen-bond donors (Lipinski definition) is 1. The van der Waals surface area contributed by atoms with Crippen LogP contribution in [0.15, 0.2) is 35.9 Å². The number of benzene rings is 1. The van der Waals surface area contributed by atoms with Gasteiger partial charge in [0.05, 0.1) is 7.11 Å². The number of methoxy groups -OCH3 is 1. The van der Waals surface area contributed by atoms with E-state index < -0.39 is 0 Å². The Morgan fingerprint density at radius 1 is 1.35 bits per heavy atom. The third kappa shape index (κ3) is 5.05. The van der Waals surface area contributed by atoms with Gasteiger partial charge in [-0.1, -0.05) is 23.8 Å². The molecule has 0 fully saturated rings. The minimum atomic E-state index is -0.265. The fourth-order valence-corrected chi connectivity index (χ4v) is 1.96. The summed E-state index contributed by atoms with van der Waals surface area (Å²) in [7, 11) is 2.99. The van der Waals surface area contributed by atoms with Crippen molar-refractivity contribution >= 4 is 5.91 Å². The lowest BCUT2D eigenvalue weighted by Crippen LogP contribution is -2.31. The van der Waals surface area contributed by atoms with E-state index in [-0.39, 0.29) is 11.8 Å². The Bertz CT molecular complexity index is 459. The van der Waals surface area contributed by atoms with Crippen molar-refractivity contribution in [1.29, 1.82) is 0 Å². The van der Waals surface area contributed by atoms with Gasteiger partial charge in [-0.25, -0.2) is 5.06 Å². The minimum Gasteiger partial charge on any atom is -0.497 e. The zero-order chi connectivity index (χ0) is 15.1. The topological polar surface area (TPSA) is 49.8 Å². The molecule has 1 amide bonds. The fraction of sp³-hybridized carbons (Fsp3) is 0.438. The first-order chi connectivity index (χ1) is 9.43. The van der Waals surface area contributed by atoms with Crippen LogP contribution in [0.2, 0.25) is 0 Å². The van der Waals surface area contributed by atoms with Crippen molar-refractivity contribution in [3.63, 3.8) is 0 Å². The summed E-state index contributed by atoms with van der Waals surface area (Å²) in [5.74, 6) is 0.270. The van der Waals surface area contributed by atoms with E-state index in [1.165, 1.54) is 7.05 Å². The van der Waals surface area contributed by atoms with E-state index >= 15 is 0 Å². The lowest BCUT2D eigenvalue weighted by atomic mass is 9.94. The average molecular weight is 277 g/mol. The summed E-state index contributed by atoms with van der Waals surface area (Å²) in [5, 5.41) is 10.0. The van der Waals surface area contributed by atoms with Crippen LogP contribution in [-0.2, 0) is 11.2 Å². The molecular formula is C16H23NO3. The van der Waals surface area contributed by atoms with Crippen LogP contribution in [0.25, 0.3) is 0 Å². The van der Waals surface area contributed by atoms with Crippen LogP contribution in [0, 0.1) is 5.92 Å². The number of ether oxygens (including phenoxy) is 1. The van der Waals surface area contributed by atoms with Crippen LogP contribution in [0.5, 0.6) is 5.75 Å². The maximum atomic E-state index is 12.0. The standard InChI is InChI=1S/C16H23NO3/c1-12(2)5-8-14(16(18)17(3)19)11-13-6-9-15(20-4)10-7-13/h5-7,9-10,14,19H,8,11H2,1-4H3. The normalized spacial score (nSPS) is 11.7. The predicted molar refractivity (Wildman–Crippen MR) is 78.8 cm³/mol. The summed E-state index contributed by atoms with van der Waals surface area (Å²) >= 11 is 0. The highest BCUT2D eigenvalue weighted by atomic mass is 16.5. The maximum Gasteiger partial charge on any atom is 0.249 e. The van der Waals surface area contributed by atoms with Gasteiger partial charge >= 0.3 is 0 Å². The van der Waals surface area contributed by atoms with Gasteiger partial charge in [-0.2, -0.15) is 0 Å². The van der Waals surface area contributed by atoms with E-state index in [0.717, 1.165) is 16.9 Å². The van der Waals surface area contributed by atoms with Crippen LogP contribution in [0.3, 0.4) is 0 Å². The van der Waals surface area contributed by atoms with E-state index in [2.05, 4.69) is 0 Å². The number of allylic oxidation sites excluding steroid dienone is 2. The largest absolute Gasteiger partial charge is 0.497 e. The average Bonchev–Trinajstić information content (AvgIpc) is 2.43. The van der Waals surface area contributed by atoms with Crippen molar-refractivity contribution in [3.8, 4) is 5.75 Å². The van der Waals surface area contributed by atoms with E-state index in [1.807, 2.05) is 44.2 Å². The highest BCUT2D eigenvalue weighted by Crippen LogP contribution is 2.19. The summed E-state index contributed by atoms with van der Waals surface area (Å²) < 4.78 is 5.11. The molecule has 1 atom stereocenters. The molecule has 0 aromatic heterocycles. The van der Waals surface area contributed by atoms with Crippen LogP contribution >= 0.6 is 0 Å². The summed E-state index contributed by atoms with van der Waals surface area (Å²) in [6.07, 6.45) is 3.24. The highest BCUT2D eigenvalue weighted by Gasteiger charge is 2.20. The molecule has 0 aliphatic rings. The second-order valence-corrected chi connectivity index (χ2v) is 5.13. The molecule has 4 heteroatoms. The zero-order valence-electron chi connectivity index (χ0n) is 12.6. The Morgan fingerprint density at radius 3 is 2.40 bits per heavy atom. The van der Waals surface area contributed by atoms with Gasteiger partial charge in [-0.15, -0.1) is 0 Å². The molecule has 110 valence electrons. The molecule has 0 bridgehead atoms. The van der Waals surface area contributed by atoms with Crippen LogP contribution in [0.1, 0.15) is 25.8 Å². The third-order valence-corrected chi connectivity index (χ3v) is 3.12. The molecule has 0 aliphatic heterocycles. The first-order valence-electron chi connectivity index (χ1n) is 6.66. The first-order valence-corrected chi connectivity index (χ1v) is 6.66. The SMILES string of the molecule is COc1ccc(CC(CC=C(C)C)C(=O)N(C)O)cc1. The highest BCUT2D eigenvalue weighted by molar-refractivity contribution is 5.77. The molecule has 1 aromatic carbocycles. The van der Waals surface area contributed by atoms with Crippen molar-refractivity contribution < 1.29 is 14.7 Å². The second-order valence-electron chi connectivity index (χ2n) is 5.13. The van der Waals surface area contributed by atoms with Crippen molar-refractivity contribution in [2.24, 2.45) is 5.92 Å². The monoisotopic (exact) mass is 277 g/mol. The molecule has 4 nitrogen and oxygen atoms in total. The molecule has 0 saturated carbocycles. The van der Waals surface area contributed by atoms with E-state index in [0.29, 0.717) is 17.9 Å². The molecule has 20 heavy (non-hydrogen) atoms. The van der Waals surface area contributed by atoms with Crippen LogP contribution in [0.4, 0.5) is 0 Å². The van der Waals surface area contributed by atoms with E-state index in [1.54, 1.807) is 7.11 Å². The van der Waals surface area contributed by atoms with Gasteiger partial charge in [-0.3, -0.25) is 10.0 Å².